The van der Waals surface area contributed by atoms with E-state index in [1.165, 1.54) is 0 Å². The number of hydrogen-bond acceptors (Lipinski definition) is 3. The van der Waals surface area contributed by atoms with E-state index in [0.29, 0.717) is 29.8 Å². The SMILES string of the molecule is CCOc1cc(CNc2ccc(Cl)c(Cl)c2)cc(Br)c1OCC. The lowest BCUT2D eigenvalue weighted by Gasteiger charge is -2.15. The van der Waals surface area contributed by atoms with Crippen LogP contribution in [0.5, 0.6) is 11.5 Å². The molecule has 0 bridgehead atoms. The zero-order valence-electron chi connectivity index (χ0n) is 13.0. The summed E-state index contributed by atoms with van der Waals surface area (Å²) in [6.45, 7) is 5.69. The molecule has 0 atom stereocenters. The summed E-state index contributed by atoms with van der Waals surface area (Å²) in [4.78, 5) is 0. The topological polar surface area (TPSA) is 30.5 Å². The van der Waals surface area contributed by atoms with E-state index in [-0.39, 0.29) is 0 Å². The molecule has 0 fully saturated rings. The van der Waals surface area contributed by atoms with E-state index in [2.05, 4.69) is 21.2 Å². The maximum absolute atomic E-state index is 6.03. The summed E-state index contributed by atoms with van der Waals surface area (Å²) in [5.74, 6) is 1.46. The standard InChI is InChI=1S/C17H18BrCl2NO2/c1-3-22-16-8-11(7-13(18)17(16)23-4-2)10-21-12-5-6-14(19)15(20)9-12/h5-9,21H,3-4,10H2,1-2H3. The van der Waals surface area contributed by atoms with Gasteiger partial charge in [0, 0.05) is 12.2 Å². The lowest BCUT2D eigenvalue weighted by Crippen LogP contribution is -2.03. The molecular weight excluding hydrogens is 401 g/mol. The number of nitrogens with one attached hydrogen (secondary N) is 1. The summed E-state index contributed by atoms with van der Waals surface area (Å²) in [5, 5.41) is 4.39. The predicted molar refractivity (Wildman–Crippen MR) is 100 cm³/mol. The highest BCUT2D eigenvalue weighted by atomic mass is 79.9. The maximum atomic E-state index is 6.03. The number of hydrogen-bond donors (Lipinski definition) is 1. The molecule has 6 heteroatoms. The molecule has 0 aliphatic heterocycles. The Morgan fingerprint density at radius 2 is 1.74 bits per heavy atom. The third kappa shape index (κ3) is 4.93. The Hall–Kier alpha value is -1.10. The molecule has 0 radical (unpaired) electrons. The molecule has 0 heterocycles. The van der Waals surface area contributed by atoms with Gasteiger partial charge in [-0.15, -0.1) is 0 Å². The second-order valence-electron chi connectivity index (χ2n) is 4.75. The van der Waals surface area contributed by atoms with Gasteiger partial charge in [0.2, 0.25) is 0 Å². The lowest BCUT2D eigenvalue weighted by atomic mass is 10.2. The summed E-state index contributed by atoms with van der Waals surface area (Å²) < 4.78 is 12.2. The van der Waals surface area contributed by atoms with Gasteiger partial charge in [-0.05, 0) is 65.7 Å². The monoisotopic (exact) mass is 417 g/mol. The molecule has 0 aromatic heterocycles. The van der Waals surface area contributed by atoms with Gasteiger partial charge in [0.05, 0.1) is 27.7 Å². The van der Waals surface area contributed by atoms with Crippen LogP contribution in [0.1, 0.15) is 19.4 Å². The van der Waals surface area contributed by atoms with Crippen molar-refractivity contribution in [2.24, 2.45) is 0 Å². The number of ether oxygens (including phenoxy) is 2. The molecule has 0 aliphatic carbocycles. The van der Waals surface area contributed by atoms with Crippen molar-refractivity contribution in [3.8, 4) is 11.5 Å². The average Bonchev–Trinajstić information content (AvgIpc) is 2.52. The van der Waals surface area contributed by atoms with Crippen molar-refractivity contribution in [3.05, 3.63) is 50.4 Å². The van der Waals surface area contributed by atoms with E-state index in [9.17, 15) is 0 Å². The fraction of sp³-hybridized carbons (Fsp3) is 0.294. The third-order valence-corrected chi connectivity index (χ3v) is 4.40. The third-order valence-electron chi connectivity index (χ3n) is 3.07. The van der Waals surface area contributed by atoms with Crippen LogP contribution in [0.3, 0.4) is 0 Å². The van der Waals surface area contributed by atoms with Crippen molar-refractivity contribution < 1.29 is 9.47 Å². The highest BCUT2D eigenvalue weighted by molar-refractivity contribution is 9.10. The van der Waals surface area contributed by atoms with Crippen LogP contribution in [0.25, 0.3) is 0 Å². The Bertz CT molecular complexity index is 680. The Labute approximate surface area is 155 Å². The van der Waals surface area contributed by atoms with Crippen LogP contribution in [0.4, 0.5) is 5.69 Å². The highest BCUT2D eigenvalue weighted by Gasteiger charge is 2.12. The van der Waals surface area contributed by atoms with Gasteiger partial charge >= 0.3 is 0 Å². The molecular formula is C17H18BrCl2NO2. The molecule has 1 N–H and O–H groups in total. The van der Waals surface area contributed by atoms with Crippen molar-refractivity contribution in [3.63, 3.8) is 0 Å². The quantitative estimate of drug-likeness (QED) is 0.583. The summed E-state index contributed by atoms with van der Waals surface area (Å²) in [5.41, 5.74) is 1.97. The van der Waals surface area contributed by atoms with Crippen molar-refractivity contribution in [2.45, 2.75) is 20.4 Å². The van der Waals surface area contributed by atoms with Crippen LogP contribution in [-0.2, 0) is 6.54 Å². The van der Waals surface area contributed by atoms with Gasteiger partial charge in [0.1, 0.15) is 0 Å². The Morgan fingerprint density at radius 3 is 2.39 bits per heavy atom. The largest absolute Gasteiger partial charge is 0.490 e. The van der Waals surface area contributed by atoms with Crippen molar-refractivity contribution in [1.82, 2.24) is 0 Å². The summed E-state index contributed by atoms with van der Waals surface area (Å²) in [7, 11) is 0. The first-order valence-corrected chi connectivity index (χ1v) is 8.87. The number of rotatable bonds is 7. The van der Waals surface area contributed by atoms with Gasteiger partial charge in [-0.3, -0.25) is 0 Å². The van der Waals surface area contributed by atoms with Gasteiger partial charge in [-0.2, -0.15) is 0 Å². The minimum atomic E-state index is 0.527. The molecule has 2 rings (SSSR count). The first kappa shape index (κ1) is 18.2. The normalized spacial score (nSPS) is 10.5. The molecule has 0 amide bonds. The average molecular weight is 419 g/mol. The summed E-state index contributed by atoms with van der Waals surface area (Å²) in [6, 6.07) is 9.45. The molecule has 0 aliphatic rings. The number of halogens is 3. The summed E-state index contributed by atoms with van der Waals surface area (Å²) >= 11 is 15.5. The van der Waals surface area contributed by atoms with Gasteiger partial charge < -0.3 is 14.8 Å². The maximum Gasteiger partial charge on any atom is 0.175 e. The van der Waals surface area contributed by atoms with E-state index < -0.39 is 0 Å². The number of benzene rings is 2. The Morgan fingerprint density at radius 1 is 1.00 bits per heavy atom. The fourth-order valence-electron chi connectivity index (χ4n) is 2.08. The second-order valence-corrected chi connectivity index (χ2v) is 6.42. The van der Waals surface area contributed by atoms with Crippen molar-refractivity contribution in [2.75, 3.05) is 18.5 Å². The smallest absolute Gasteiger partial charge is 0.175 e. The molecule has 124 valence electrons. The number of anilines is 1. The van der Waals surface area contributed by atoms with Gasteiger partial charge in [-0.1, -0.05) is 23.2 Å². The summed E-state index contributed by atoms with van der Waals surface area (Å²) in [6.07, 6.45) is 0. The van der Waals surface area contributed by atoms with Crippen LogP contribution in [0, 0.1) is 0 Å². The van der Waals surface area contributed by atoms with Crippen molar-refractivity contribution >= 4 is 44.8 Å². The Kier molecular flexibility index (Phi) is 6.88. The first-order valence-electron chi connectivity index (χ1n) is 7.32. The minimum absolute atomic E-state index is 0.527. The fourth-order valence-corrected chi connectivity index (χ4v) is 2.98. The zero-order valence-corrected chi connectivity index (χ0v) is 16.1. The minimum Gasteiger partial charge on any atom is -0.490 e. The van der Waals surface area contributed by atoms with Gasteiger partial charge in [0.25, 0.3) is 0 Å². The van der Waals surface area contributed by atoms with E-state index in [1.807, 2.05) is 32.0 Å². The van der Waals surface area contributed by atoms with Crippen LogP contribution < -0.4 is 14.8 Å². The first-order chi connectivity index (χ1) is 11.0. The second kappa shape index (κ2) is 8.67. The van der Waals surface area contributed by atoms with Crippen LogP contribution >= 0.6 is 39.1 Å². The molecule has 3 nitrogen and oxygen atoms in total. The van der Waals surface area contributed by atoms with E-state index >= 15 is 0 Å². The van der Waals surface area contributed by atoms with Gasteiger partial charge in [0.15, 0.2) is 11.5 Å². The zero-order chi connectivity index (χ0) is 16.8. The van der Waals surface area contributed by atoms with Crippen molar-refractivity contribution in [1.29, 1.82) is 0 Å². The molecule has 0 saturated heterocycles. The Balaban J connectivity index is 2.17. The highest BCUT2D eigenvalue weighted by Crippen LogP contribution is 2.37. The molecule has 0 unspecified atom stereocenters. The van der Waals surface area contributed by atoms with E-state index in [4.69, 9.17) is 32.7 Å². The van der Waals surface area contributed by atoms with Gasteiger partial charge in [-0.25, -0.2) is 0 Å². The molecule has 2 aromatic rings. The van der Waals surface area contributed by atoms with Crippen LogP contribution in [0.15, 0.2) is 34.8 Å². The molecule has 0 spiro atoms. The van der Waals surface area contributed by atoms with E-state index in [1.54, 1.807) is 12.1 Å². The van der Waals surface area contributed by atoms with Crippen LogP contribution in [-0.4, -0.2) is 13.2 Å². The molecule has 0 saturated carbocycles. The molecule has 23 heavy (non-hydrogen) atoms. The molecule has 2 aromatic carbocycles. The predicted octanol–water partition coefficient (Wildman–Crippen LogP) is 6.17. The van der Waals surface area contributed by atoms with Crippen LogP contribution in [0.2, 0.25) is 10.0 Å². The van der Waals surface area contributed by atoms with E-state index in [0.717, 1.165) is 27.2 Å². The lowest BCUT2D eigenvalue weighted by molar-refractivity contribution is 0.286.